The highest BCUT2D eigenvalue weighted by Crippen LogP contribution is 2.34. The maximum atomic E-state index is 12.5. The molecule has 0 unspecified atom stereocenters. The Kier molecular flexibility index (Phi) is 4.24. The molecule has 2 aliphatic heterocycles. The normalized spacial score (nSPS) is 26.5. The Morgan fingerprint density at radius 3 is 2.86 bits per heavy atom. The van der Waals surface area contributed by atoms with E-state index in [0.717, 1.165) is 18.6 Å². The van der Waals surface area contributed by atoms with E-state index in [0.29, 0.717) is 25.1 Å². The van der Waals surface area contributed by atoms with Gasteiger partial charge in [-0.3, -0.25) is 4.79 Å². The number of carbonyl (C=O) groups is 1. The molecule has 7 nitrogen and oxygen atoms in total. The molecule has 1 aromatic heterocycles. The summed E-state index contributed by atoms with van der Waals surface area (Å²) in [5.41, 5.74) is 0. The van der Waals surface area contributed by atoms with Crippen LogP contribution < -0.4 is 10.0 Å². The van der Waals surface area contributed by atoms with Crippen LogP contribution >= 0.6 is 0 Å². The van der Waals surface area contributed by atoms with E-state index < -0.39 is 10.2 Å². The number of amides is 1. The van der Waals surface area contributed by atoms with Crippen molar-refractivity contribution in [2.75, 3.05) is 13.1 Å². The van der Waals surface area contributed by atoms with Crippen LogP contribution in [0.3, 0.4) is 0 Å². The summed E-state index contributed by atoms with van der Waals surface area (Å²) in [5, 5.41) is 2.76. The Balaban J connectivity index is 1.66. The summed E-state index contributed by atoms with van der Waals surface area (Å²) >= 11 is 0. The predicted molar refractivity (Wildman–Crippen MR) is 80.2 cm³/mol. The van der Waals surface area contributed by atoms with Crippen molar-refractivity contribution in [1.82, 2.24) is 14.3 Å². The number of aryl methyl sites for hydroxylation is 1. The van der Waals surface area contributed by atoms with Gasteiger partial charge >= 0.3 is 0 Å². The summed E-state index contributed by atoms with van der Waals surface area (Å²) in [6.45, 7) is 2.56. The number of hydrogen-bond donors (Lipinski definition) is 2. The van der Waals surface area contributed by atoms with Crippen LogP contribution in [0.5, 0.6) is 0 Å². The van der Waals surface area contributed by atoms with Gasteiger partial charge in [-0.25, -0.2) is 4.72 Å². The van der Waals surface area contributed by atoms with Gasteiger partial charge in [0, 0.05) is 25.6 Å². The van der Waals surface area contributed by atoms with Gasteiger partial charge in [0.15, 0.2) is 0 Å². The first kappa shape index (κ1) is 15.5. The van der Waals surface area contributed by atoms with Crippen molar-refractivity contribution in [3.8, 4) is 0 Å². The monoisotopic (exact) mass is 327 g/mol. The summed E-state index contributed by atoms with van der Waals surface area (Å²) in [6.07, 6.45) is 2.70. The fourth-order valence-electron chi connectivity index (χ4n) is 3.06. The summed E-state index contributed by atoms with van der Waals surface area (Å²) < 4.78 is 34.7. The number of furan rings is 1. The maximum absolute atomic E-state index is 12.5. The maximum Gasteiger partial charge on any atom is 0.280 e. The first-order chi connectivity index (χ1) is 10.5. The van der Waals surface area contributed by atoms with Crippen molar-refractivity contribution < 1.29 is 17.6 Å². The Morgan fingerprint density at radius 1 is 1.41 bits per heavy atom. The van der Waals surface area contributed by atoms with Crippen molar-refractivity contribution in [2.45, 2.75) is 44.7 Å². The molecule has 1 amide bonds. The van der Waals surface area contributed by atoms with Gasteiger partial charge in [0.1, 0.15) is 11.5 Å². The quantitative estimate of drug-likeness (QED) is 0.838. The lowest BCUT2D eigenvalue weighted by molar-refractivity contribution is -0.119. The van der Waals surface area contributed by atoms with Crippen LogP contribution in [-0.2, 0) is 15.0 Å². The molecule has 0 radical (unpaired) electrons. The topological polar surface area (TPSA) is 91.7 Å². The van der Waals surface area contributed by atoms with E-state index in [-0.39, 0.29) is 24.5 Å². The molecule has 122 valence electrons. The Bertz CT molecular complexity index is 655. The van der Waals surface area contributed by atoms with Gasteiger partial charge in [0.2, 0.25) is 5.91 Å². The summed E-state index contributed by atoms with van der Waals surface area (Å²) in [7, 11) is -3.58. The zero-order valence-electron chi connectivity index (χ0n) is 12.5. The van der Waals surface area contributed by atoms with Gasteiger partial charge in [-0.1, -0.05) is 0 Å². The third-order valence-corrected chi connectivity index (χ3v) is 5.79. The molecule has 2 atom stereocenters. The van der Waals surface area contributed by atoms with E-state index in [2.05, 4.69) is 10.0 Å². The molecule has 2 saturated heterocycles. The average molecular weight is 327 g/mol. The molecule has 2 aliphatic rings. The van der Waals surface area contributed by atoms with E-state index in [1.165, 1.54) is 4.31 Å². The Morgan fingerprint density at radius 2 is 2.23 bits per heavy atom. The summed E-state index contributed by atoms with van der Waals surface area (Å²) in [4.78, 5) is 11.2. The zero-order valence-corrected chi connectivity index (χ0v) is 13.4. The van der Waals surface area contributed by atoms with Crippen LogP contribution in [0.25, 0.3) is 0 Å². The van der Waals surface area contributed by atoms with Gasteiger partial charge in [-0.05, 0) is 38.3 Å². The van der Waals surface area contributed by atoms with Crippen molar-refractivity contribution >= 4 is 16.1 Å². The fourth-order valence-corrected chi connectivity index (χ4v) is 4.56. The highest BCUT2D eigenvalue weighted by molar-refractivity contribution is 7.87. The smallest absolute Gasteiger partial charge is 0.280 e. The molecule has 22 heavy (non-hydrogen) atoms. The van der Waals surface area contributed by atoms with Crippen LogP contribution in [0, 0.1) is 6.92 Å². The minimum Gasteiger partial charge on any atom is -0.465 e. The fraction of sp³-hybridized carbons (Fsp3) is 0.643. The van der Waals surface area contributed by atoms with Crippen LogP contribution in [0.2, 0.25) is 0 Å². The van der Waals surface area contributed by atoms with E-state index in [9.17, 15) is 13.2 Å². The van der Waals surface area contributed by atoms with Crippen LogP contribution in [0.4, 0.5) is 0 Å². The molecule has 2 N–H and O–H groups in total. The molecule has 3 heterocycles. The van der Waals surface area contributed by atoms with Crippen molar-refractivity contribution in [1.29, 1.82) is 0 Å². The molecular weight excluding hydrogens is 306 g/mol. The lowest BCUT2D eigenvalue weighted by Gasteiger charge is -2.23. The molecule has 3 rings (SSSR count). The third kappa shape index (κ3) is 3.18. The summed E-state index contributed by atoms with van der Waals surface area (Å²) in [6, 6.07) is 3.32. The van der Waals surface area contributed by atoms with E-state index in [1.807, 2.05) is 19.1 Å². The van der Waals surface area contributed by atoms with E-state index >= 15 is 0 Å². The zero-order chi connectivity index (χ0) is 15.7. The van der Waals surface area contributed by atoms with Crippen molar-refractivity contribution in [2.24, 2.45) is 0 Å². The number of rotatable bonds is 5. The molecule has 2 fully saturated rings. The Labute approximate surface area is 130 Å². The van der Waals surface area contributed by atoms with Crippen LogP contribution in [-0.4, -0.2) is 37.8 Å². The van der Waals surface area contributed by atoms with Gasteiger partial charge in [-0.2, -0.15) is 12.7 Å². The van der Waals surface area contributed by atoms with E-state index in [1.54, 1.807) is 0 Å². The second-order valence-electron chi connectivity index (χ2n) is 5.87. The lowest BCUT2D eigenvalue weighted by atomic mass is 10.2. The molecular formula is C14H21N3O4S. The molecule has 0 aliphatic carbocycles. The third-order valence-electron chi connectivity index (χ3n) is 4.20. The number of nitrogens with one attached hydrogen (secondary N) is 2. The molecule has 0 bridgehead atoms. The SMILES string of the molecule is Cc1ccc([C@@H]2CCCN2S(=O)(=O)NC[C@@H]2CCC(=O)N2)o1. The minimum absolute atomic E-state index is 0.0192. The summed E-state index contributed by atoms with van der Waals surface area (Å²) in [5.74, 6) is 1.45. The molecule has 0 aromatic carbocycles. The minimum atomic E-state index is -3.58. The van der Waals surface area contributed by atoms with Crippen molar-refractivity contribution in [3.05, 3.63) is 23.7 Å². The highest BCUT2D eigenvalue weighted by atomic mass is 32.2. The molecule has 8 heteroatoms. The second kappa shape index (κ2) is 6.02. The largest absolute Gasteiger partial charge is 0.465 e. The van der Waals surface area contributed by atoms with Gasteiger partial charge in [0.05, 0.1) is 6.04 Å². The molecule has 0 saturated carbocycles. The Hall–Kier alpha value is -1.38. The molecule has 0 spiro atoms. The number of hydrogen-bond acceptors (Lipinski definition) is 4. The average Bonchev–Trinajstić information content (AvgIpc) is 3.16. The van der Waals surface area contributed by atoms with Crippen molar-refractivity contribution in [3.63, 3.8) is 0 Å². The van der Waals surface area contributed by atoms with Gasteiger partial charge in [-0.15, -0.1) is 0 Å². The van der Waals surface area contributed by atoms with Crippen LogP contribution in [0.15, 0.2) is 16.5 Å². The lowest BCUT2D eigenvalue weighted by Crippen LogP contribution is -2.45. The number of carbonyl (C=O) groups excluding carboxylic acids is 1. The predicted octanol–water partition coefficient (Wildman–Crippen LogP) is 0.838. The first-order valence-corrected chi connectivity index (χ1v) is 9.02. The number of nitrogens with zero attached hydrogens (tertiary/aromatic N) is 1. The molecule has 1 aromatic rings. The second-order valence-corrected chi connectivity index (χ2v) is 7.58. The van der Waals surface area contributed by atoms with Gasteiger partial charge < -0.3 is 9.73 Å². The first-order valence-electron chi connectivity index (χ1n) is 7.58. The van der Waals surface area contributed by atoms with E-state index in [4.69, 9.17) is 4.42 Å². The highest BCUT2D eigenvalue weighted by Gasteiger charge is 2.37. The van der Waals surface area contributed by atoms with Crippen LogP contribution in [0.1, 0.15) is 43.2 Å². The van der Waals surface area contributed by atoms with Gasteiger partial charge in [0.25, 0.3) is 10.2 Å². The standard InChI is InChI=1S/C14H21N3O4S/c1-10-4-6-13(21-10)12-3-2-8-17(12)22(19,20)15-9-11-5-7-14(18)16-11/h4,6,11-12,15H,2-3,5,7-9H2,1H3,(H,16,18)/t11-,12-/m0/s1.